The number of ether oxygens (including phenoxy) is 1. The molecule has 0 aliphatic carbocycles. The number of esters is 1. The van der Waals surface area contributed by atoms with Crippen molar-refractivity contribution in [1.82, 2.24) is 0 Å². The van der Waals surface area contributed by atoms with Crippen LogP contribution in [0.4, 0.5) is 4.39 Å². The van der Waals surface area contributed by atoms with Crippen molar-refractivity contribution < 1.29 is 22.3 Å². The first-order valence-corrected chi connectivity index (χ1v) is 7.18. The summed E-state index contributed by atoms with van der Waals surface area (Å²) in [6.07, 6.45) is -0.249. The van der Waals surface area contributed by atoms with Crippen molar-refractivity contribution in [1.29, 1.82) is 0 Å². The van der Waals surface area contributed by atoms with Crippen molar-refractivity contribution in [2.75, 3.05) is 18.6 Å². The molecule has 1 heterocycles. The van der Waals surface area contributed by atoms with Crippen LogP contribution in [0.15, 0.2) is 0 Å². The molecule has 0 saturated carbocycles. The number of rotatable bonds is 3. The van der Waals surface area contributed by atoms with E-state index in [-0.39, 0.29) is 36.2 Å². The highest BCUT2D eigenvalue weighted by Gasteiger charge is 2.29. The Morgan fingerprint density at radius 3 is 2.62 bits per heavy atom. The Kier molecular flexibility index (Phi) is 4.70. The van der Waals surface area contributed by atoms with Gasteiger partial charge in [-0.3, -0.25) is 4.79 Å². The predicted octanol–water partition coefficient (Wildman–Crippen LogP) is 1.10. The lowest BCUT2D eigenvalue weighted by Crippen LogP contribution is -2.17. The molecular weight excluding hydrogens is 235 g/mol. The van der Waals surface area contributed by atoms with Crippen LogP contribution < -0.4 is 0 Å². The van der Waals surface area contributed by atoms with Gasteiger partial charge in [0, 0.05) is 6.42 Å². The van der Waals surface area contributed by atoms with Gasteiger partial charge in [0.15, 0.2) is 0 Å². The molecule has 0 aromatic rings. The summed E-state index contributed by atoms with van der Waals surface area (Å²) in [6.45, 7) is 0. The van der Waals surface area contributed by atoms with Gasteiger partial charge in [-0.2, -0.15) is 0 Å². The summed E-state index contributed by atoms with van der Waals surface area (Å²) in [5.41, 5.74) is 0. The Morgan fingerprint density at radius 1 is 1.38 bits per heavy atom. The number of carbonyl (C=O) groups excluding carboxylic acids is 1. The molecule has 1 rings (SSSR count). The maximum absolute atomic E-state index is 13.6. The zero-order chi connectivity index (χ0) is 12.2. The molecule has 0 N–H and O–H groups in total. The van der Waals surface area contributed by atoms with Crippen LogP contribution in [0.2, 0.25) is 0 Å². The lowest BCUT2D eigenvalue weighted by molar-refractivity contribution is -0.141. The van der Waals surface area contributed by atoms with E-state index >= 15 is 0 Å². The first kappa shape index (κ1) is 13.4. The van der Waals surface area contributed by atoms with E-state index in [1.54, 1.807) is 0 Å². The largest absolute Gasteiger partial charge is 0.469 e. The molecule has 1 aliphatic heterocycles. The van der Waals surface area contributed by atoms with Gasteiger partial charge < -0.3 is 4.74 Å². The molecule has 1 aliphatic rings. The monoisotopic (exact) mass is 252 g/mol. The van der Waals surface area contributed by atoms with Gasteiger partial charge in [0.25, 0.3) is 0 Å². The van der Waals surface area contributed by atoms with Crippen molar-refractivity contribution in [3.8, 4) is 0 Å². The topological polar surface area (TPSA) is 60.4 Å². The quantitative estimate of drug-likeness (QED) is 0.706. The van der Waals surface area contributed by atoms with Gasteiger partial charge in [0.2, 0.25) is 0 Å². The maximum atomic E-state index is 13.6. The lowest BCUT2D eigenvalue weighted by Gasteiger charge is -2.16. The average molecular weight is 252 g/mol. The highest BCUT2D eigenvalue weighted by molar-refractivity contribution is 7.91. The van der Waals surface area contributed by atoms with E-state index in [2.05, 4.69) is 4.74 Å². The third-order valence-electron chi connectivity index (χ3n) is 2.96. The summed E-state index contributed by atoms with van der Waals surface area (Å²) in [5, 5.41) is 0. The molecule has 16 heavy (non-hydrogen) atoms. The number of carbonyl (C=O) groups is 1. The molecule has 0 unspecified atom stereocenters. The second kappa shape index (κ2) is 5.61. The second-order valence-corrected chi connectivity index (χ2v) is 6.42. The van der Waals surface area contributed by atoms with Gasteiger partial charge >= 0.3 is 5.97 Å². The van der Waals surface area contributed by atoms with Crippen LogP contribution in [-0.2, 0) is 19.4 Å². The van der Waals surface area contributed by atoms with E-state index < -0.39 is 16.0 Å². The molecule has 0 spiro atoms. The predicted molar refractivity (Wildman–Crippen MR) is 57.5 cm³/mol. The fourth-order valence-corrected chi connectivity index (χ4v) is 3.32. The number of alkyl halides is 1. The number of hydrogen-bond donors (Lipinski definition) is 0. The van der Waals surface area contributed by atoms with Crippen molar-refractivity contribution in [2.24, 2.45) is 5.92 Å². The fourth-order valence-electron chi connectivity index (χ4n) is 1.87. The molecule has 6 heteroatoms. The maximum Gasteiger partial charge on any atom is 0.305 e. The summed E-state index contributed by atoms with van der Waals surface area (Å²) >= 11 is 0. The SMILES string of the molecule is COC(=O)CC[C@@H]1CCS(=O)(=O)CC[C@H]1F. The summed E-state index contributed by atoms with van der Waals surface area (Å²) in [5.74, 6) is -0.766. The van der Waals surface area contributed by atoms with E-state index in [1.807, 2.05) is 0 Å². The minimum Gasteiger partial charge on any atom is -0.469 e. The molecule has 0 aromatic heterocycles. The summed E-state index contributed by atoms with van der Waals surface area (Å²) < 4.78 is 40.7. The third kappa shape index (κ3) is 4.08. The Bertz CT molecular complexity index is 339. The molecule has 0 radical (unpaired) electrons. The number of halogens is 1. The van der Waals surface area contributed by atoms with E-state index in [1.165, 1.54) is 7.11 Å². The Balaban J connectivity index is 2.50. The molecule has 0 bridgehead atoms. The van der Waals surface area contributed by atoms with Crippen molar-refractivity contribution >= 4 is 15.8 Å². The van der Waals surface area contributed by atoms with Crippen LogP contribution in [0.5, 0.6) is 0 Å². The zero-order valence-electron chi connectivity index (χ0n) is 9.32. The van der Waals surface area contributed by atoms with Crippen LogP contribution in [0.25, 0.3) is 0 Å². The van der Waals surface area contributed by atoms with Crippen LogP contribution >= 0.6 is 0 Å². The minimum absolute atomic E-state index is 0.0270. The Labute approximate surface area is 95.1 Å². The Morgan fingerprint density at radius 2 is 2.00 bits per heavy atom. The molecule has 2 atom stereocenters. The normalized spacial score (nSPS) is 29.4. The number of hydrogen-bond acceptors (Lipinski definition) is 4. The molecule has 1 saturated heterocycles. The van der Waals surface area contributed by atoms with Crippen LogP contribution in [0.1, 0.15) is 25.7 Å². The second-order valence-electron chi connectivity index (χ2n) is 4.12. The summed E-state index contributed by atoms with van der Waals surface area (Å²) in [6, 6.07) is 0. The third-order valence-corrected chi connectivity index (χ3v) is 4.68. The first-order valence-electron chi connectivity index (χ1n) is 5.36. The number of sulfone groups is 1. The molecule has 0 amide bonds. The average Bonchev–Trinajstić information content (AvgIpc) is 2.37. The standard InChI is InChI=1S/C10H17FO4S/c1-15-10(12)3-2-8-4-6-16(13,14)7-5-9(8)11/h8-9H,2-7H2,1H3/t8-,9-/m1/s1. The Hall–Kier alpha value is -0.650. The van der Waals surface area contributed by atoms with Crippen molar-refractivity contribution in [3.05, 3.63) is 0 Å². The van der Waals surface area contributed by atoms with Gasteiger partial charge in [0.05, 0.1) is 18.6 Å². The first-order chi connectivity index (χ1) is 7.44. The van der Waals surface area contributed by atoms with Crippen LogP contribution in [0.3, 0.4) is 0 Å². The van der Waals surface area contributed by atoms with Gasteiger partial charge in [-0.05, 0) is 25.2 Å². The summed E-state index contributed by atoms with van der Waals surface area (Å²) in [7, 11) is -1.80. The van der Waals surface area contributed by atoms with Crippen LogP contribution in [0, 0.1) is 5.92 Å². The molecular formula is C10H17FO4S. The van der Waals surface area contributed by atoms with Gasteiger partial charge in [-0.15, -0.1) is 0 Å². The molecule has 1 fully saturated rings. The van der Waals surface area contributed by atoms with E-state index in [9.17, 15) is 17.6 Å². The minimum atomic E-state index is -3.09. The highest BCUT2D eigenvalue weighted by Crippen LogP contribution is 2.26. The van der Waals surface area contributed by atoms with E-state index in [0.717, 1.165) is 0 Å². The van der Waals surface area contributed by atoms with Crippen molar-refractivity contribution in [2.45, 2.75) is 31.9 Å². The molecule has 0 aromatic carbocycles. The van der Waals surface area contributed by atoms with Crippen LogP contribution in [-0.4, -0.2) is 39.2 Å². The number of methoxy groups -OCH3 is 1. The van der Waals surface area contributed by atoms with E-state index in [4.69, 9.17) is 0 Å². The summed E-state index contributed by atoms with van der Waals surface area (Å²) in [4.78, 5) is 10.9. The highest BCUT2D eigenvalue weighted by atomic mass is 32.2. The smallest absolute Gasteiger partial charge is 0.305 e. The van der Waals surface area contributed by atoms with Crippen molar-refractivity contribution in [3.63, 3.8) is 0 Å². The van der Waals surface area contributed by atoms with E-state index in [0.29, 0.717) is 12.8 Å². The van der Waals surface area contributed by atoms with Gasteiger partial charge in [0.1, 0.15) is 16.0 Å². The van der Waals surface area contributed by atoms with Gasteiger partial charge in [-0.25, -0.2) is 12.8 Å². The lowest BCUT2D eigenvalue weighted by atomic mass is 9.94. The molecule has 4 nitrogen and oxygen atoms in total. The fraction of sp³-hybridized carbons (Fsp3) is 0.900. The zero-order valence-corrected chi connectivity index (χ0v) is 10.1. The van der Waals surface area contributed by atoms with Gasteiger partial charge in [-0.1, -0.05) is 0 Å². The molecule has 94 valence electrons.